The Morgan fingerprint density at radius 3 is 2.53 bits per heavy atom. The number of aromatic nitrogens is 2. The molecule has 2 heterocycles. The summed E-state index contributed by atoms with van der Waals surface area (Å²) in [6.07, 6.45) is 4.92. The van der Waals surface area contributed by atoms with E-state index >= 15 is 0 Å². The molecule has 8 heteroatoms. The van der Waals surface area contributed by atoms with Gasteiger partial charge in [-0.25, -0.2) is 9.97 Å². The molecule has 30 heavy (non-hydrogen) atoms. The summed E-state index contributed by atoms with van der Waals surface area (Å²) in [6.45, 7) is 9.87. The van der Waals surface area contributed by atoms with Crippen molar-refractivity contribution in [1.82, 2.24) is 14.7 Å². The Labute approximate surface area is 210 Å². The van der Waals surface area contributed by atoms with Gasteiger partial charge >= 0.3 is 0 Å². The minimum atomic E-state index is -1.11. The summed E-state index contributed by atoms with van der Waals surface area (Å²) in [5, 5.41) is 0.683. The molecule has 1 aromatic carbocycles. The van der Waals surface area contributed by atoms with Crippen molar-refractivity contribution in [3.8, 4) is 0 Å². The van der Waals surface area contributed by atoms with E-state index in [1.165, 1.54) is 11.1 Å². The number of hydrogen-bond acceptors (Lipinski definition) is 6. The summed E-state index contributed by atoms with van der Waals surface area (Å²) in [6, 6.07) is 8.76. The zero-order chi connectivity index (χ0) is 20.8. The maximum absolute atomic E-state index is 13.0. The van der Waals surface area contributed by atoms with E-state index in [4.69, 9.17) is 0 Å². The van der Waals surface area contributed by atoms with Crippen molar-refractivity contribution < 1.29 is 4.55 Å². The fourth-order valence-electron chi connectivity index (χ4n) is 4.52. The van der Waals surface area contributed by atoms with Crippen LogP contribution in [0.3, 0.4) is 0 Å². The van der Waals surface area contributed by atoms with Gasteiger partial charge in [0.1, 0.15) is 15.6 Å². The maximum atomic E-state index is 13.0. The summed E-state index contributed by atoms with van der Waals surface area (Å²) < 4.78 is 16.2. The topological polar surface area (TPSA) is 64.1 Å². The van der Waals surface area contributed by atoms with Gasteiger partial charge in [0.05, 0.1) is 17.9 Å². The van der Waals surface area contributed by atoms with Gasteiger partial charge in [0.25, 0.3) is 0 Å². The number of rotatable bonds is 3. The van der Waals surface area contributed by atoms with Crippen LogP contribution in [0.1, 0.15) is 56.5 Å². The monoisotopic (exact) mass is 453 g/mol. The minimum Gasteiger partial charge on any atom is -0.598 e. The molecule has 0 bridgehead atoms. The van der Waals surface area contributed by atoms with E-state index in [-0.39, 0.29) is 45.8 Å². The van der Waals surface area contributed by atoms with Gasteiger partial charge in [-0.05, 0) is 58.1 Å². The van der Waals surface area contributed by atoms with Crippen LogP contribution >= 0.6 is 12.6 Å². The maximum Gasteiger partial charge on any atom is 0.147 e. The summed E-state index contributed by atoms with van der Waals surface area (Å²) in [5.41, 5.74) is 3.65. The molecule has 1 radical (unpaired) electrons. The number of benzene rings is 1. The first-order valence-electron chi connectivity index (χ1n) is 10.2. The fourth-order valence-corrected chi connectivity index (χ4v) is 5.57. The van der Waals surface area contributed by atoms with Crippen LogP contribution in [-0.2, 0) is 17.8 Å². The molecule has 1 fully saturated rings. The third-order valence-corrected chi connectivity index (χ3v) is 8.29. The van der Waals surface area contributed by atoms with Crippen LogP contribution in [0.25, 0.3) is 0 Å². The van der Waals surface area contributed by atoms with Gasteiger partial charge in [0, 0.05) is 59.4 Å². The SMILES string of the molecule is Cc1nc(N2CCC3(CC2)Cc2ccccc2[C@H]3N[S@+]([O-])C(C)(C)C)cnc1S.[Na]. The predicted octanol–water partition coefficient (Wildman–Crippen LogP) is 3.63. The molecule has 1 saturated heterocycles. The smallest absolute Gasteiger partial charge is 0.147 e. The second kappa shape index (κ2) is 9.30. The predicted molar refractivity (Wildman–Crippen MR) is 128 cm³/mol. The van der Waals surface area contributed by atoms with Crippen LogP contribution in [-0.4, -0.2) is 61.9 Å². The van der Waals surface area contributed by atoms with Gasteiger partial charge in [0.15, 0.2) is 0 Å². The first kappa shape index (κ1) is 24.4. The van der Waals surface area contributed by atoms with Crippen molar-refractivity contribution in [1.29, 1.82) is 0 Å². The zero-order valence-corrected chi connectivity index (χ0v) is 22.3. The van der Waals surface area contributed by atoms with Crippen molar-refractivity contribution >= 4 is 59.4 Å². The van der Waals surface area contributed by atoms with Gasteiger partial charge < -0.3 is 9.45 Å². The number of anilines is 1. The minimum absolute atomic E-state index is 0. The Morgan fingerprint density at radius 2 is 1.90 bits per heavy atom. The van der Waals surface area contributed by atoms with Crippen molar-refractivity contribution in [3.05, 3.63) is 47.3 Å². The Bertz CT molecular complexity index is 897. The Morgan fingerprint density at radius 1 is 1.23 bits per heavy atom. The molecular weight excluding hydrogens is 423 g/mol. The fraction of sp³-hybridized carbons (Fsp3) is 0.545. The molecule has 157 valence electrons. The Balaban J connectivity index is 0.00000256. The molecule has 0 unspecified atom stereocenters. The van der Waals surface area contributed by atoms with E-state index < -0.39 is 11.4 Å². The largest absolute Gasteiger partial charge is 0.598 e. The summed E-state index contributed by atoms with van der Waals surface area (Å²) in [5.74, 6) is 0.924. The van der Waals surface area contributed by atoms with E-state index in [1.54, 1.807) is 0 Å². The summed E-state index contributed by atoms with van der Waals surface area (Å²) in [7, 11) is 0. The van der Waals surface area contributed by atoms with E-state index in [1.807, 2.05) is 33.9 Å². The van der Waals surface area contributed by atoms with Crippen LogP contribution in [0.5, 0.6) is 0 Å². The Kier molecular flexibility index (Phi) is 7.55. The molecule has 2 aliphatic rings. The molecule has 0 saturated carbocycles. The van der Waals surface area contributed by atoms with Gasteiger partial charge in [-0.1, -0.05) is 24.3 Å². The third kappa shape index (κ3) is 4.72. The van der Waals surface area contributed by atoms with E-state index in [2.05, 4.69) is 56.5 Å². The van der Waals surface area contributed by atoms with Gasteiger partial charge in [0.2, 0.25) is 0 Å². The average Bonchev–Trinajstić information content (AvgIpc) is 2.97. The molecule has 1 aliphatic carbocycles. The normalized spacial score (nSPS) is 21.3. The quantitative estimate of drug-likeness (QED) is 0.422. The van der Waals surface area contributed by atoms with Crippen LogP contribution in [0.2, 0.25) is 0 Å². The number of hydrogen-bond donors (Lipinski definition) is 2. The average molecular weight is 454 g/mol. The molecular formula is C22H30N4NaOS2. The van der Waals surface area contributed by atoms with E-state index in [0.29, 0.717) is 5.03 Å². The van der Waals surface area contributed by atoms with Crippen LogP contribution in [0, 0.1) is 12.3 Å². The standard InChI is InChI=1S/C22H30N4OS2.Na/c1-15-20(28)23-14-18(24-15)26-11-9-22(10-12-26)13-16-7-5-6-8-17(16)19(22)25-29(27)21(2,3)4;/h5-8,14,19,25H,9-13H2,1-4H3,(H,23,28);/t19-,29-;/m1./s1. The van der Waals surface area contributed by atoms with Crippen molar-refractivity contribution in [2.45, 2.75) is 62.8 Å². The van der Waals surface area contributed by atoms with Gasteiger partial charge in [-0.15, -0.1) is 17.4 Å². The van der Waals surface area contributed by atoms with Crippen LogP contribution in [0.15, 0.2) is 35.5 Å². The molecule has 0 amide bonds. The van der Waals surface area contributed by atoms with Crippen molar-refractivity contribution in [2.24, 2.45) is 5.41 Å². The van der Waals surface area contributed by atoms with Crippen molar-refractivity contribution in [3.63, 3.8) is 0 Å². The second-order valence-electron chi connectivity index (χ2n) is 9.29. The number of nitrogens with zero attached hydrogens (tertiary/aromatic N) is 3. The van der Waals surface area contributed by atoms with Crippen LogP contribution < -0.4 is 9.62 Å². The molecule has 4 rings (SSSR count). The van der Waals surface area contributed by atoms with Crippen molar-refractivity contribution in [2.75, 3.05) is 18.0 Å². The molecule has 1 aliphatic heterocycles. The van der Waals surface area contributed by atoms with E-state index in [0.717, 1.165) is 43.9 Å². The van der Waals surface area contributed by atoms with Gasteiger partial charge in [-0.3, -0.25) is 0 Å². The van der Waals surface area contributed by atoms with E-state index in [9.17, 15) is 4.55 Å². The Hall–Kier alpha value is -0.280. The summed E-state index contributed by atoms with van der Waals surface area (Å²) in [4.78, 5) is 11.4. The first-order valence-corrected chi connectivity index (χ1v) is 11.8. The molecule has 2 aromatic rings. The number of aryl methyl sites for hydroxylation is 1. The number of piperidine rings is 1. The molecule has 2 atom stereocenters. The molecule has 1 aromatic heterocycles. The van der Waals surface area contributed by atoms with Crippen LogP contribution in [0.4, 0.5) is 5.82 Å². The molecule has 1 spiro atoms. The summed E-state index contributed by atoms with van der Waals surface area (Å²) >= 11 is 3.23. The molecule has 5 nitrogen and oxygen atoms in total. The zero-order valence-electron chi connectivity index (χ0n) is 18.6. The third-order valence-electron chi connectivity index (χ3n) is 6.29. The number of thiol groups is 1. The number of fused-ring (bicyclic) bond motifs is 1. The first-order chi connectivity index (χ1) is 13.7. The molecule has 1 N–H and O–H groups in total. The number of nitrogens with one attached hydrogen (secondary N) is 1. The second-order valence-corrected chi connectivity index (χ2v) is 11.7. The van der Waals surface area contributed by atoms with Gasteiger partial charge in [-0.2, -0.15) is 0 Å².